The third kappa shape index (κ3) is 4.87. The predicted octanol–water partition coefficient (Wildman–Crippen LogP) is 4.38. The van der Waals surface area contributed by atoms with Gasteiger partial charge in [0.15, 0.2) is 0 Å². The zero-order valence-corrected chi connectivity index (χ0v) is 14.0. The van der Waals surface area contributed by atoms with Gasteiger partial charge in [0.1, 0.15) is 0 Å². The van der Waals surface area contributed by atoms with E-state index in [0.29, 0.717) is 0 Å². The Morgan fingerprint density at radius 1 is 1.25 bits per heavy atom. The van der Waals surface area contributed by atoms with Gasteiger partial charge in [0.25, 0.3) is 0 Å². The Kier molecular flexibility index (Phi) is 6.53. The molecule has 1 N–H and O–H groups in total. The second-order valence-corrected chi connectivity index (χ2v) is 6.85. The average Bonchev–Trinajstić information content (AvgIpc) is 2.47. The van der Waals surface area contributed by atoms with Gasteiger partial charge in [-0.2, -0.15) is 0 Å². The summed E-state index contributed by atoms with van der Waals surface area (Å²) in [5, 5.41) is 10.2. The fraction of sp³-hybridized carbons (Fsp3) is 0.647. The van der Waals surface area contributed by atoms with Crippen molar-refractivity contribution in [2.75, 3.05) is 19.6 Å². The van der Waals surface area contributed by atoms with E-state index in [4.69, 9.17) is 0 Å². The molecule has 1 aromatic carbocycles. The molecule has 1 aliphatic heterocycles. The molecule has 20 heavy (non-hydrogen) atoms. The molecule has 1 fully saturated rings. The lowest BCUT2D eigenvalue weighted by atomic mass is 9.92. The van der Waals surface area contributed by atoms with Crippen molar-refractivity contribution in [3.63, 3.8) is 0 Å². The molecule has 0 aromatic heterocycles. The van der Waals surface area contributed by atoms with Crippen molar-refractivity contribution in [2.45, 2.75) is 45.1 Å². The summed E-state index contributed by atoms with van der Waals surface area (Å²) in [5.41, 5.74) is 1.02. The van der Waals surface area contributed by atoms with Crippen LogP contribution in [0.25, 0.3) is 0 Å². The first-order valence-electron chi connectivity index (χ1n) is 7.85. The van der Waals surface area contributed by atoms with E-state index in [1.165, 1.54) is 38.8 Å². The Morgan fingerprint density at radius 3 is 2.50 bits per heavy atom. The van der Waals surface area contributed by atoms with Crippen LogP contribution in [0, 0.1) is 5.92 Å². The van der Waals surface area contributed by atoms with Crippen molar-refractivity contribution in [1.29, 1.82) is 0 Å². The van der Waals surface area contributed by atoms with Crippen LogP contribution in [-0.2, 0) is 0 Å². The Balaban J connectivity index is 1.71. The van der Waals surface area contributed by atoms with Crippen molar-refractivity contribution in [3.05, 3.63) is 34.3 Å². The highest BCUT2D eigenvalue weighted by molar-refractivity contribution is 9.10. The normalized spacial score (nSPS) is 19.1. The van der Waals surface area contributed by atoms with Gasteiger partial charge in [-0.3, -0.25) is 0 Å². The topological polar surface area (TPSA) is 23.5 Å². The monoisotopic (exact) mass is 339 g/mol. The quantitative estimate of drug-likeness (QED) is 0.830. The van der Waals surface area contributed by atoms with Gasteiger partial charge in [0.2, 0.25) is 0 Å². The first-order chi connectivity index (χ1) is 9.69. The van der Waals surface area contributed by atoms with E-state index in [1.54, 1.807) is 0 Å². The molecule has 0 aliphatic carbocycles. The lowest BCUT2D eigenvalue weighted by Crippen LogP contribution is -2.34. The molecule has 0 bridgehead atoms. The van der Waals surface area contributed by atoms with Crippen LogP contribution in [0.5, 0.6) is 0 Å². The molecule has 1 unspecified atom stereocenters. The maximum absolute atomic E-state index is 10.2. The van der Waals surface area contributed by atoms with Gasteiger partial charge in [0, 0.05) is 11.0 Å². The second kappa shape index (κ2) is 8.16. The number of halogens is 1. The molecule has 1 heterocycles. The molecule has 1 saturated heterocycles. The Labute approximate surface area is 131 Å². The number of hydrogen-bond donors (Lipinski definition) is 1. The summed E-state index contributed by atoms with van der Waals surface area (Å²) in [7, 11) is 0. The van der Waals surface area contributed by atoms with E-state index < -0.39 is 0 Å². The fourth-order valence-electron chi connectivity index (χ4n) is 3.06. The lowest BCUT2D eigenvalue weighted by molar-refractivity contribution is 0.121. The van der Waals surface area contributed by atoms with Gasteiger partial charge in [-0.25, -0.2) is 0 Å². The van der Waals surface area contributed by atoms with Crippen LogP contribution in [-0.4, -0.2) is 29.6 Å². The number of benzene rings is 1. The van der Waals surface area contributed by atoms with Crippen LogP contribution in [0.3, 0.4) is 0 Å². The largest absolute Gasteiger partial charge is 0.388 e. The number of aliphatic hydroxyl groups is 1. The average molecular weight is 340 g/mol. The molecular formula is C17H26BrNO. The van der Waals surface area contributed by atoms with Crippen molar-refractivity contribution in [1.82, 2.24) is 4.90 Å². The molecule has 112 valence electrons. The first kappa shape index (κ1) is 16.0. The molecule has 2 rings (SSSR count). The summed E-state index contributed by atoms with van der Waals surface area (Å²) in [5.74, 6) is 0.938. The highest BCUT2D eigenvalue weighted by Gasteiger charge is 2.19. The van der Waals surface area contributed by atoms with E-state index in [-0.39, 0.29) is 6.10 Å². The Morgan fingerprint density at radius 2 is 1.90 bits per heavy atom. The number of likely N-dealkylation sites (tertiary alicyclic amines) is 1. The molecular weight excluding hydrogens is 314 g/mol. The summed E-state index contributed by atoms with van der Waals surface area (Å²) in [6, 6.07) is 7.99. The van der Waals surface area contributed by atoms with Crippen molar-refractivity contribution < 1.29 is 5.11 Å². The smallest absolute Gasteiger partial charge is 0.0802 e. The highest BCUT2D eigenvalue weighted by Crippen LogP contribution is 2.24. The van der Waals surface area contributed by atoms with Crippen LogP contribution in [0.4, 0.5) is 0 Å². The van der Waals surface area contributed by atoms with Crippen LogP contribution in [0.15, 0.2) is 28.7 Å². The fourth-order valence-corrected chi connectivity index (χ4v) is 3.33. The third-order valence-electron chi connectivity index (χ3n) is 4.38. The molecule has 3 heteroatoms. The molecule has 0 saturated carbocycles. The molecule has 1 aliphatic rings. The second-order valence-electron chi connectivity index (χ2n) is 5.93. The summed E-state index contributed by atoms with van der Waals surface area (Å²) in [4.78, 5) is 2.51. The first-order valence-corrected chi connectivity index (χ1v) is 8.64. The highest BCUT2D eigenvalue weighted by atomic mass is 79.9. The number of rotatable bonds is 6. The van der Waals surface area contributed by atoms with E-state index in [9.17, 15) is 5.11 Å². The van der Waals surface area contributed by atoms with Gasteiger partial charge >= 0.3 is 0 Å². The van der Waals surface area contributed by atoms with Crippen LogP contribution >= 0.6 is 15.9 Å². The predicted molar refractivity (Wildman–Crippen MR) is 87.8 cm³/mol. The molecule has 1 aromatic rings. The summed E-state index contributed by atoms with van der Waals surface area (Å²) >= 11 is 3.42. The number of hydrogen-bond acceptors (Lipinski definition) is 2. The molecule has 0 radical (unpaired) electrons. The van der Waals surface area contributed by atoms with Crippen molar-refractivity contribution in [3.8, 4) is 0 Å². The molecule has 0 amide bonds. The molecule has 1 atom stereocenters. The maximum Gasteiger partial charge on any atom is 0.0802 e. The summed E-state index contributed by atoms with van der Waals surface area (Å²) < 4.78 is 1.06. The van der Waals surface area contributed by atoms with Crippen LogP contribution in [0.1, 0.15) is 50.7 Å². The van der Waals surface area contributed by atoms with Gasteiger partial charge in [-0.05, 0) is 56.0 Å². The zero-order chi connectivity index (χ0) is 14.4. The lowest BCUT2D eigenvalue weighted by Gasteiger charge is -2.32. The van der Waals surface area contributed by atoms with Crippen molar-refractivity contribution >= 4 is 15.9 Å². The summed E-state index contributed by atoms with van der Waals surface area (Å²) in [6.07, 6.45) is 5.86. The number of nitrogens with zero attached hydrogens (tertiary/aromatic N) is 1. The van der Waals surface area contributed by atoms with Crippen LogP contribution < -0.4 is 0 Å². The minimum atomic E-state index is -0.337. The Bertz CT molecular complexity index is 384. The standard InChI is InChI=1S/C17H26BrNO/c1-2-3-14-8-11-19(12-9-14)13-10-17(20)15-4-6-16(18)7-5-15/h4-7,14,17,20H,2-3,8-13H2,1H3. The van der Waals surface area contributed by atoms with E-state index >= 15 is 0 Å². The summed E-state index contributed by atoms with van der Waals surface area (Å²) in [6.45, 7) is 5.70. The molecule has 2 nitrogen and oxygen atoms in total. The minimum absolute atomic E-state index is 0.337. The molecule has 0 spiro atoms. The van der Waals surface area contributed by atoms with Crippen LogP contribution in [0.2, 0.25) is 0 Å². The SMILES string of the molecule is CCCC1CCN(CCC(O)c2ccc(Br)cc2)CC1. The minimum Gasteiger partial charge on any atom is -0.388 e. The van der Waals surface area contributed by atoms with E-state index in [0.717, 1.165) is 28.9 Å². The van der Waals surface area contributed by atoms with E-state index in [1.807, 2.05) is 24.3 Å². The number of aliphatic hydroxyl groups excluding tert-OH is 1. The third-order valence-corrected chi connectivity index (χ3v) is 4.91. The van der Waals surface area contributed by atoms with Gasteiger partial charge < -0.3 is 10.0 Å². The van der Waals surface area contributed by atoms with Gasteiger partial charge in [0.05, 0.1) is 6.10 Å². The zero-order valence-electron chi connectivity index (χ0n) is 12.4. The number of piperidine rings is 1. The Hall–Kier alpha value is -0.380. The van der Waals surface area contributed by atoms with Crippen molar-refractivity contribution in [2.24, 2.45) is 5.92 Å². The van der Waals surface area contributed by atoms with E-state index in [2.05, 4.69) is 27.8 Å². The van der Waals surface area contributed by atoms with Gasteiger partial charge in [-0.15, -0.1) is 0 Å². The maximum atomic E-state index is 10.2. The van der Waals surface area contributed by atoms with Gasteiger partial charge in [-0.1, -0.05) is 47.8 Å².